The van der Waals surface area contributed by atoms with Crippen LogP contribution in [-0.2, 0) is 25.7 Å². The number of nitrogens with zero attached hydrogens (tertiary/aromatic N) is 2. The Balaban J connectivity index is 1.32. The van der Waals surface area contributed by atoms with Crippen molar-refractivity contribution >= 4 is 29.7 Å². The number of methoxy groups -OCH3 is 1. The molecule has 2 heterocycles. The van der Waals surface area contributed by atoms with E-state index in [1.54, 1.807) is 44.2 Å². The third-order valence-corrected chi connectivity index (χ3v) is 7.76. The van der Waals surface area contributed by atoms with E-state index >= 15 is 0 Å². The summed E-state index contributed by atoms with van der Waals surface area (Å²) in [6.45, 7) is 5.40. The van der Waals surface area contributed by atoms with Crippen LogP contribution in [0.3, 0.4) is 0 Å². The third kappa shape index (κ3) is 9.91. The van der Waals surface area contributed by atoms with Gasteiger partial charge in [-0.25, -0.2) is 14.6 Å². The van der Waals surface area contributed by atoms with Crippen LogP contribution in [0.1, 0.15) is 39.0 Å². The number of nitrogens with one attached hydrogen (secondary N) is 3. The van der Waals surface area contributed by atoms with E-state index in [1.165, 1.54) is 0 Å². The zero-order valence-electron chi connectivity index (χ0n) is 26.9. The Morgan fingerprint density at radius 3 is 2.45 bits per heavy atom. The molecule has 0 aliphatic carbocycles. The third-order valence-electron chi connectivity index (χ3n) is 7.76. The molecule has 0 spiro atoms. The van der Waals surface area contributed by atoms with E-state index in [2.05, 4.69) is 20.9 Å². The summed E-state index contributed by atoms with van der Waals surface area (Å²) in [6.07, 6.45) is 1.01. The fourth-order valence-corrected chi connectivity index (χ4v) is 5.50. The van der Waals surface area contributed by atoms with Crippen LogP contribution in [0.2, 0.25) is 0 Å². The number of pyridine rings is 1. The van der Waals surface area contributed by atoms with Gasteiger partial charge in [0.2, 0.25) is 5.91 Å². The Morgan fingerprint density at radius 2 is 1.77 bits per heavy atom. The van der Waals surface area contributed by atoms with Crippen LogP contribution in [0.15, 0.2) is 60.8 Å². The molecule has 250 valence electrons. The quantitative estimate of drug-likeness (QED) is 0.204. The van der Waals surface area contributed by atoms with Crippen molar-refractivity contribution in [3.8, 4) is 5.75 Å². The number of benzene rings is 2. The second-order valence-electron chi connectivity index (χ2n) is 11.4. The highest BCUT2D eigenvalue weighted by Gasteiger charge is 2.37. The molecule has 1 aliphatic heterocycles. The monoisotopic (exact) mass is 647 g/mol. The van der Waals surface area contributed by atoms with E-state index in [0.29, 0.717) is 30.1 Å². The molecule has 13 nitrogen and oxygen atoms in total. The zero-order chi connectivity index (χ0) is 33.9. The van der Waals surface area contributed by atoms with Gasteiger partial charge in [0, 0.05) is 30.9 Å². The van der Waals surface area contributed by atoms with Gasteiger partial charge in [-0.05, 0) is 49.9 Å². The second kappa shape index (κ2) is 16.4. The minimum atomic E-state index is -1.35. The molecule has 1 aromatic heterocycles. The Morgan fingerprint density at radius 1 is 1.04 bits per heavy atom. The first kappa shape index (κ1) is 34.7. The van der Waals surface area contributed by atoms with Crippen LogP contribution in [0.5, 0.6) is 5.75 Å². The predicted molar refractivity (Wildman–Crippen MR) is 173 cm³/mol. The van der Waals surface area contributed by atoms with Gasteiger partial charge in [0.05, 0.1) is 25.8 Å². The summed E-state index contributed by atoms with van der Waals surface area (Å²) in [6, 6.07) is 14.8. The summed E-state index contributed by atoms with van der Waals surface area (Å²) in [4.78, 5) is 56.4. The number of carbonyl (C=O) groups excluding carboxylic acids is 3. The lowest BCUT2D eigenvalue weighted by atomic mass is 9.99. The Kier molecular flexibility index (Phi) is 12.1. The van der Waals surface area contributed by atoms with Gasteiger partial charge in [0.1, 0.15) is 30.8 Å². The van der Waals surface area contributed by atoms with E-state index in [4.69, 9.17) is 14.2 Å². The van der Waals surface area contributed by atoms with E-state index in [-0.39, 0.29) is 32.3 Å². The molecule has 2 aromatic carbocycles. The number of carboxylic acids is 1. The standard InChI is InChI=1S/C34H41N5O8/c1-21-12-22(2)31(23(3)13-21)32(41)38-28(33(42)43)17-37-30(40)20-46-27-14-25(16-36-29-15-26(45-4)10-11-35-29)39(18-27)34(44)47-19-24-8-6-5-7-9-24/h5-13,15,25,27-28H,14,16-20H2,1-4H3,(H,35,36)(H,37,40)(H,38,41)(H,42,43)/t25-,27?,28?/m0/s1. The minimum absolute atomic E-state index is 0.103. The number of rotatable bonds is 14. The van der Waals surface area contributed by atoms with Crippen molar-refractivity contribution in [1.29, 1.82) is 0 Å². The number of aryl methyl sites for hydroxylation is 3. The van der Waals surface area contributed by atoms with Crippen LogP contribution in [0.4, 0.5) is 10.6 Å². The highest BCUT2D eigenvalue weighted by Crippen LogP contribution is 2.23. The molecule has 1 aliphatic rings. The number of hydrogen-bond donors (Lipinski definition) is 4. The first-order valence-corrected chi connectivity index (χ1v) is 15.2. The largest absolute Gasteiger partial charge is 0.497 e. The van der Waals surface area contributed by atoms with Crippen molar-refractivity contribution in [2.45, 2.75) is 52.0 Å². The molecule has 0 radical (unpaired) electrons. The van der Waals surface area contributed by atoms with Crippen LogP contribution in [0.25, 0.3) is 0 Å². The van der Waals surface area contributed by atoms with E-state index in [9.17, 15) is 24.3 Å². The number of aliphatic carboxylic acids is 1. The smallest absolute Gasteiger partial charge is 0.410 e. The number of anilines is 1. The SMILES string of the molecule is COc1ccnc(NC[C@@H]2CC(OCC(=O)NCC(NC(=O)c3c(C)cc(C)cc3C)C(=O)O)CN2C(=O)OCc2ccccc2)c1. The molecule has 3 atom stereocenters. The molecule has 0 saturated carbocycles. The average Bonchev–Trinajstić information content (AvgIpc) is 3.46. The molecule has 13 heteroatoms. The molecular weight excluding hydrogens is 606 g/mol. The summed E-state index contributed by atoms with van der Waals surface area (Å²) >= 11 is 0. The van der Waals surface area contributed by atoms with Gasteiger partial charge in [-0.3, -0.25) is 9.59 Å². The first-order chi connectivity index (χ1) is 22.5. The molecule has 47 heavy (non-hydrogen) atoms. The van der Waals surface area contributed by atoms with Crippen molar-refractivity contribution in [3.05, 3.63) is 88.6 Å². The lowest BCUT2D eigenvalue weighted by Gasteiger charge is -2.24. The normalized spacial score (nSPS) is 16.2. The maximum Gasteiger partial charge on any atom is 0.410 e. The van der Waals surface area contributed by atoms with Gasteiger partial charge in [-0.1, -0.05) is 48.0 Å². The van der Waals surface area contributed by atoms with Gasteiger partial charge in [-0.2, -0.15) is 0 Å². The molecule has 4 rings (SSSR count). The van der Waals surface area contributed by atoms with Crippen molar-refractivity contribution in [2.75, 3.05) is 38.7 Å². The van der Waals surface area contributed by atoms with E-state index < -0.39 is 36.0 Å². The molecule has 2 unspecified atom stereocenters. The minimum Gasteiger partial charge on any atom is -0.497 e. The van der Waals surface area contributed by atoms with Crippen molar-refractivity contribution in [1.82, 2.24) is 20.5 Å². The van der Waals surface area contributed by atoms with E-state index in [0.717, 1.165) is 22.3 Å². The lowest BCUT2D eigenvalue weighted by molar-refractivity contribution is -0.139. The Labute approximate surface area is 273 Å². The Hall–Kier alpha value is -5.17. The first-order valence-electron chi connectivity index (χ1n) is 15.2. The zero-order valence-corrected chi connectivity index (χ0v) is 26.9. The maximum atomic E-state index is 13.1. The number of hydrogen-bond acceptors (Lipinski definition) is 9. The fourth-order valence-electron chi connectivity index (χ4n) is 5.50. The van der Waals surface area contributed by atoms with Gasteiger partial charge >= 0.3 is 12.1 Å². The van der Waals surface area contributed by atoms with Crippen molar-refractivity contribution in [2.24, 2.45) is 0 Å². The summed E-state index contributed by atoms with van der Waals surface area (Å²) < 4.78 is 16.7. The number of carbonyl (C=O) groups is 4. The summed E-state index contributed by atoms with van der Waals surface area (Å²) in [5.74, 6) is -1.19. The lowest BCUT2D eigenvalue weighted by Crippen LogP contribution is -2.49. The molecule has 0 bridgehead atoms. The van der Waals surface area contributed by atoms with E-state index in [1.807, 2.05) is 49.4 Å². The Bertz CT molecular complexity index is 1540. The van der Waals surface area contributed by atoms with Crippen LogP contribution < -0.4 is 20.7 Å². The molecule has 4 N–H and O–H groups in total. The van der Waals surface area contributed by atoms with Crippen molar-refractivity contribution < 1.29 is 38.5 Å². The number of ether oxygens (including phenoxy) is 3. The van der Waals surface area contributed by atoms with Crippen molar-refractivity contribution in [3.63, 3.8) is 0 Å². The predicted octanol–water partition coefficient (Wildman–Crippen LogP) is 3.22. The molecule has 1 saturated heterocycles. The number of likely N-dealkylation sites (tertiary alicyclic amines) is 1. The topological polar surface area (TPSA) is 168 Å². The van der Waals surface area contributed by atoms with Gasteiger partial charge in [0.15, 0.2) is 0 Å². The van der Waals surface area contributed by atoms with Crippen LogP contribution in [0, 0.1) is 20.8 Å². The molecule has 3 aromatic rings. The molecule has 1 fully saturated rings. The van der Waals surface area contributed by atoms with Gasteiger partial charge in [-0.15, -0.1) is 0 Å². The highest BCUT2D eigenvalue weighted by molar-refractivity contribution is 5.99. The molecule has 3 amide bonds. The van der Waals surface area contributed by atoms with Gasteiger partial charge in [0.25, 0.3) is 5.91 Å². The second-order valence-corrected chi connectivity index (χ2v) is 11.4. The fraction of sp³-hybridized carbons (Fsp3) is 0.382. The average molecular weight is 648 g/mol. The summed E-state index contributed by atoms with van der Waals surface area (Å²) in [5.41, 5.74) is 3.69. The maximum absolute atomic E-state index is 13.1. The number of amides is 3. The number of aromatic nitrogens is 1. The molecular formula is C34H41N5O8. The summed E-state index contributed by atoms with van der Waals surface area (Å²) in [5, 5.41) is 17.9. The van der Waals surface area contributed by atoms with Crippen LogP contribution >= 0.6 is 0 Å². The number of carboxylic acid groups (broad SMARTS) is 1. The van der Waals surface area contributed by atoms with Crippen LogP contribution in [-0.4, -0.2) is 90.4 Å². The highest BCUT2D eigenvalue weighted by atomic mass is 16.6. The summed E-state index contributed by atoms with van der Waals surface area (Å²) in [7, 11) is 1.56. The van der Waals surface area contributed by atoms with Gasteiger partial charge < -0.3 is 40.2 Å².